The molecule has 2 rings (SSSR count). The topological polar surface area (TPSA) is 92.5 Å². The number of nitro benzene ring substituents is 1. The van der Waals surface area contributed by atoms with Crippen molar-refractivity contribution in [3.05, 3.63) is 75.3 Å². The van der Waals surface area contributed by atoms with Crippen molar-refractivity contribution in [1.82, 2.24) is 0 Å². The average Bonchev–Trinajstić information content (AvgIpc) is 2.55. The van der Waals surface area contributed by atoms with Crippen LogP contribution in [0.2, 0.25) is 0 Å². The minimum atomic E-state index is -0.494. The van der Waals surface area contributed by atoms with E-state index in [-0.39, 0.29) is 12.3 Å². The molecular weight excluding hydrogens is 296 g/mol. The number of carbonyl (C=O) groups excluding carboxylic acids is 1. The van der Waals surface area contributed by atoms with Crippen LogP contribution in [0.4, 0.5) is 11.4 Å². The Labute approximate surface area is 133 Å². The lowest BCUT2D eigenvalue weighted by Gasteiger charge is -2.08. The second kappa shape index (κ2) is 7.33. The molecule has 2 aromatic carbocycles. The zero-order valence-corrected chi connectivity index (χ0v) is 12.5. The van der Waals surface area contributed by atoms with E-state index in [4.69, 9.17) is 5.11 Å². The quantitative estimate of drug-likeness (QED) is 0.504. The van der Waals surface area contributed by atoms with Gasteiger partial charge in [0.05, 0.1) is 17.1 Å². The number of nitrogens with zero attached hydrogens (tertiary/aromatic N) is 1. The molecule has 2 aromatic rings. The number of carbonyl (C=O) groups is 1. The number of anilines is 1. The first-order valence-corrected chi connectivity index (χ1v) is 6.94. The van der Waals surface area contributed by atoms with Gasteiger partial charge in [-0.15, -0.1) is 0 Å². The SMILES string of the molecule is Cc1ccc(CO)cc1NC(=O)/C=C/c1ccccc1[N+](=O)[O-]. The number of benzene rings is 2. The molecular formula is C17H16N2O4. The summed E-state index contributed by atoms with van der Waals surface area (Å²) in [6.45, 7) is 1.72. The van der Waals surface area contributed by atoms with Crippen LogP contribution < -0.4 is 5.32 Å². The van der Waals surface area contributed by atoms with E-state index in [2.05, 4.69) is 5.32 Å². The molecule has 0 aliphatic heterocycles. The molecule has 0 radical (unpaired) electrons. The highest BCUT2D eigenvalue weighted by atomic mass is 16.6. The molecule has 0 aliphatic rings. The lowest BCUT2D eigenvalue weighted by atomic mass is 10.1. The van der Waals surface area contributed by atoms with E-state index in [9.17, 15) is 14.9 Å². The Hall–Kier alpha value is -2.99. The first kappa shape index (κ1) is 16.4. The summed E-state index contributed by atoms with van der Waals surface area (Å²) in [5.74, 6) is -0.402. The first-order chi connectivity index (χ1) is 11.0. The van der Waals surface area contributed by atoms with E-state index in [1.54, 1.807) is 36.4 Å². The molecule has 0 aliphatic carbocycles. The van der Waals surface area contributed by atoms with Gasteiger partial charge in [-0.25, -0.2) is 0 Å². The van der Waals surface area contributed by atoms with Crippen molar-refractivity contribution in [1.29, 1.82) is 0 Å². The van der Waals surface area contributed by atoms with Crippen LogP contribution in [-0.4, -0.2) is 15.9 Å². The average molecular weight is 312 g/mol. The Morgan fingerprint density at radius 1 is 1.30 bits per heavy atom. The van der Waals surface area contributed by atoms with Gasteiger partial charge in [0.25, 0.3) is 5.69 Å². The lowest BCUT2D eigenvalue weighted by Crippen LogP contribution is -2.09. The van der Waals surface area contributed by atoms with Gasteiger partial charge >= 0.3 is 0 Å². The third-order valence-electron chi connectivity index (χ3n) is 3.29. The fourth-order valence-corrected chi connectivity index (χ4v) is 2.04. The number of nitro groups is 1. The highest BCUT2D eigenvalue weighted by molar-refractivity contribution is 6.02. The maximum Gasteiger partial charge on any atom is 0.276 e. The van der Waals surface area contributed by atoms with Gasteiger partial charge in [-0.05, 0) is 36.3 Å². The number of aliphatic hydroxyl groups is 1. The Morgan fingerprint density at radius 3 is 2.74 bits per heavy atom. The predicted octanol–water partition coefficient (Wildman–Crippen LogP) is 3.05. The highest BCUT2D eigenvalue weighted by Gasteiger charge is 2.10. The molecule has 1 amide bonds. The standard InChI is InChI=1S/C17H16N2O4/c1-12-6-7-13(11-20)10-15(12)18-17(21)9-8-14-4-2-3-5-16(14)19(22)23/h2-10,20H,11H2,1H3,(H,18,21)/b9-8+. The normalized spacial score (nSPS) is 10.7. The van der Waals surface area contributed by atoms with Crippen molar-refractivity contribution >= 4 is 23.4 Å². The molecule has 2 N–H and O–H groups in total. The van der Waals surface area contributed by atoms with E-state index < -0.39 is 10.8 Å². The molecule has 0 saturated heterocycles. The molecule has 118 valence electrons. The summed E-state index contributed by atoms with van der Waals surface area (Å²) in [5.41, 5.74) is 2.43. The summed E-state index contributed by atoms with van der Waals surface area (Å²) in [4.78, 5) is 22.4. The minimum Gasteiger partial charge on any atom is -0.392 e. The van der Waals surface area contributed by atoms with Gasteiger partial charge in [-0.1, -0.05) is 24.3 Å². The zero-order valence-electron chi connectivity index (χ0n) is 12.5. The molecule has 23 heavy (non-hydrogen) atoms. The van der Waals surface area contributed by atoms with E-state index in [1.807, 2.05) is 6.92 Å². The molecule has 0 spiro atoms. The number of rotatable bonds is 5. The molecule has 0 heterocycles. The molecule has 0 fully saturated rings. The number of hydrogen-bond donors (Lipinski definition) is 2. The van der Waals surface area contributed by atoms with E-state index in [1.165, 1.54) is 18.2 Å². The molecule has 0 unspecified atom stereocenters. The van der Waals surface area contributed by atoms with Crippen molar-refractivity contribution < 1.29 is 14.8 Å². The lowest BCUT2D eigenvalue weighted by molar-refractivity contribution is -0.385. The second-order valence-corrected chi connectivity index (χ2v) is 4.95. The third kappa shape index (κ3) is 4.24. The second-order valence-electron chi connectivity index (χ2n) is 4.95. The number of aryl methyl sites for hydroxylation is 1. The molecule has 0 aromatic heterocycles. The van der Waals surface area contributed by atoms with Gasteiger partial charge in [0.2, 0.25) is 5.91 Å². The van der Waals surface area contributed by atoms with Crippen molar-refractivity contribution in [2.75, 3.05) is 5.32 Å². The zero-order chi connectivity index (χ0) is 16.8. The highest BCUT2D eigenvalue weighted by Crippen LogP contribution is 2.20. The van der Waals surface area contributed by atoms with Crippen molar-refractivity contribution in [2.24, 2.45) is 0 Å². The van der Waals surface area contributed by atoms with Crippen molar-refractivity contribution in [2.45, 2.75) is 13.5 Å². The molecule has 0 atom stereocenters. The van der Waals surface area contributed by atoms with Gasteiger partial charge in [-0.2, -0.15) is 0 Å². The summed E-state index contributed by atoms with van der Waals surface area (Å²) < 4.78 is 0. The van der Waals surface area contributed by atoms with Crippen molar-refractivity contribution in [3.63, 3.8) is 0 Å². The van der Waals surface area contributed by atoms with Gasteiger partial charge in [-0.3, -0.25) is 14.9 Å². The third-order valence-corrected chi connectivity index (χ3v) is 3.29. The molecule has 0 saturated carbocycles. The van der Waals surface area contributed by atoms with Gasteiger partial charge < -0.3 is 10.4 Å². The Balaban J connectivity index is 2.15. The van der Waals surface area contributed by atoms with Crippen LogP contribution in [0.1, 0.15) is 16.7 Å². The smallest absolute Gasteiger partial charge is 0.276 e. The monoisotopic (exact) mass is 312 g/mol. The van der Waals surface area contributed by atoms with Crippen LogP contribution >= 0.6 is 0 Å². The first-order valence-electron chi connectivity index (χ1n) is 6.94. The molecule has 6 nitrogen and oxygen atoms in total. The Bertz CT molecular complexity index is 769. The van der Waals surface area contributed by atoms with Gasteiger partial charge in [0, 0.05) is 17.8 Å². The molecule has 0 bridgehead atoms. The minimum absolute atomic E-state index is 0.0602. The largest absolute Gasteiger partial charge is 0.392 e. The maximum absolute atomic E-state index is 12.0. The van der Waals surface area contributed by atoms with Crippen LogP contribution in [0.25, 0.3) is 6.08 Å². The molecule has 6 heteroatoms. The number of nitrogens with one attached hydrogen (secondary N) is 1. The Kier molecular flexibility index (Phi) is 5.22. The fourth-order valence-electron chi connectivity index (χ4n) is 2.04. The van der Waals surface area contributed by atoms with Crippen LogP contribution in [0.5, 0.6) is 0 Å². The predicted molar refractivity (Wildman–Crippen MR) is 87.9 cm³/mol. The van der Waals surface area contributed by atoms with Gasteiger partial charge in [0.1, 0.15) is 0 Å². The van der Waals surface area contributed by atoms with Crippen LogP contribution in [0.3, 0.4) is 0 Å². The van der Waals surface area contributed by atoms with Crippen LogP contribution in [0.15, 0.2) is 48.5 Å². The summed E-state index contributed by atoms with van der Waals surface area (Å²) in [7, 11) is 0. The maximum atomic E-state index is 12.0. The van der Waals surface area contributed by atoms with E-state index >= 15 is 0 Å². The van der Waals surface area contributed by atoms with Crippen molar-refractivity contribution in [3.8, 4) is 0 Å². The number of amides is 1. The summed E-state index contributed by atoms with van der Waals surface area (Å²) in [6, 6.07) is 11.4. The summed E-state index contributed by atoms with van der Waals surface area (Å²) >= 11 is 0. The van der Waals surface area contributed by atoms with Crippen LogP contribution in [-0.2, 0) is 11.4 Å². The van der Waals surface area contributed by atoms with E-state index in [0.717, 1.165) is 5.56 Å². The van der Waals surface area contributed by atoms with Crippen LogP contribution in [0, 0.1) is 17.0 Å². The summed E-state index contributed by atoms with van der Waals surface area (Å²) in [5, 5.41) is 22.7. The summed E-state index contributed by atoms with van der Waals surface area (Å²) in [6.07, 6.45) is 2.64. The van der Waals surface area contributed by atoms with E-state index in [0.29, 0.717) is 16.8 Å². The Morgan fingerprint density at radius 2 is 2.04 bits per heavy atom. The number of aliphatic hydroxyl groups excluding tert-OH is 1. The number of hydrogen-bond acceptors (Lipinski definition) is 4. The number of para-hydroxylation sites is 1. The van der Waals surface area contributed by atoms with Gasteiger partial charge in [0.15, 0.2) is 0 Å². The fraction of sp³-hybridized carbons (Fsp3) is 0.118.